The zero-order valence-corrected chi connectivity index (χ0v) is 11.5. The molecule has 1 aromatic carbocycles. The molecule has 1 aromatic rings. The van der Waals surface area contributed by atoms with E-state index in [4.69, 9.17) is 9.84 Å². The number of methoxy groups -OCH3 is 2. The Hall–Kier alpha value is -2.30. The van der Waals surface area contributed by atoms with Crippen molar-refractivity contribution in [2.45, 2.75) is 12.8 Å². The van der Waals surface area contributed by atoms with Crippen LogP contribution in [0.4, 0.5) is 0 Å². The highest BCUT2D eigenvalue weighted by molar-refractivity contribution is 5.85. The summed E-state index contributed by atoms with van der Waals surface area (Å²) in [5.74, 6) is -0.0871. The van der Waals surface area contributed by atoms with Crippen LogP contribution in [-0.4, -0.2) is 31.3 Å². The number of benzene rings is 1. The molecule has 0 atom stereocenters. The summed E-state index contributed by atoms with van der Waals surface area (Å²) in [6.07, 6.45) is 4.65. The van der Waals surface area contributed by atoms with Gasteiger partial charge in [-0.15, -0.1) is 0 Å². The summed E-state index contributed by atoms with van der Waals surface area (Å²) >= 11 is 0. The van der Waals surface area contributed by atoms with Crippen molar-refractivity contribution >= 4 is 18.0 Å². The number of hydrogen-bond donors (Lipinski definition) is 1. The van der Waals surface area contributed by atoms with Gasteiger partial charge < -0.3 is 14.6 Å². The average molecular weight is 278 g/mol. The normalized spacial score (nSPS) is 13.3. The Bertz CT molecular complexity index is 489. The van der Waals surface area contributed by atoms with Crippen LogP contribution in [0.5, 0.6) is 5.75 Å². The molecule has 1 aliphatic carbocycles. The van der Waals surface area contributed by atoms with Crippen LogP contribution in [0.3, 0.4) is 0 Å². The Morgan fingerprint density at radius 1 is 1.25 bits per heavy atom. The number of carbonyl (C=O) groups is 2. The Kier molecular flexibility index (Phi) is 6.29. The predicted octanol–water partition coefficient (Wildman–Crippen LogP) is 2.36. The molecule has 0 aliphatic heterocycles. The fourth-order valence-electron chi connectivity index (χ4n) is 1.45. The molecule has 108 valence electrons. The van der Waals surface area contributed by atoms with E-state index in [1.54, 1.807) is 19.2 Å². The molecule has 2 rings (SSSR count). The molecule has 0 unspecified atom stereocenters. The van der Waals surface area contributed by atoms with Crippen molar-refractivity contribution < 1.29 is 24.2 Å². The van der Waals surface area contributed by atoms with Gasteiger partial charge in [0.2, 0.25) is 0 Å². The van der Waals surface area contributed by atoms with Crippen LogP contribution < -0.4 is 4.74 Å². The molecule has 0 bridgehead atoms. The molecule has 1 aliphatic rings. The van der Waals surface area contributed by atoms with Gasteiger partial charge >= 0.3 is 11.9 Å². The number of esters is 1. The Morgan fingerprint density at radius 2 is 1.90 bits per heavy atom. The predicted molar refractivity (Wildman–Crippen MR) is 74.4 cm³/mol. The van der Waals surface area contributed by atoms with Crippen LogP contribution in [0, 0.1) is 5.92 Å². The van der Waals surface area contributed by atoms with Gasteiger partial charge in [-0.25, -0.2) is 4.79 Å². The molecular formula is C15H18O5. The second kappa shape index (κ2) is 7.99. The lowest BCUT2D eigenvalue weighted by Gasteiger charge is -2.02. The summed E-state index contributed by atoms with van der Waals surface area (Å²) in [7, 11) is 2.98. The minimum absolute atomic E-state index is 0.0417. The summed E-state index contributed by atoms with van der Waals surface area (Å²) in [5, 5.41) is 8.41. The monoisotopic (exact) mass is 278 g/mol. The maximum Gasteiger partial charge on any atom is 0.328 e. The minimum Gasteiger partial charge on any atom is -0.496 e. The minimum atomic E-state index is -0.967. The number of aliphatic carboxylic acids is 1. The Morgan fingerprint density at radius 3 is 2.35 bits per heavy atom. The number of hydrogen-bond acceptors (Lipinski definition) is 4. The first-order chi connectivity index (χ1) is 9.58. The standard InChI is InChI=1S/C10H10O3.C5H8O2/c1-13-9-5-3-2-4-8(9)6-7-10(11)12;1-7-5(6)4-2-3-4/h2-7H,1H3,(H,11,12);4H,2-3H2,1H3. The SMILES string of the molecule is COC(=O)C1CC1.COc1ccccc1C=CC(=O)O. The van der Waals surface area contributed by atoms with Gasteiger partial charge in [-0.3, -0.25) is 4.79 Å². The van der Waals surface area contributed by atoms with Crippen LogP contribution in [0.15, 0.2) is 30.3 Å². The lowest BCUT2D eigenvalue weighted by molar-refractivity contribution is -0.142. The molecule has 1 saturated carbocycles. The average Bonchev–Trinajstić information content (AvgIpc) is 3.29. The quantitative estimate of drug-likeness (QED) is 0.676. The van der Waals surface area contributed by atoms with Crippen LogP contribution in [0.2, 0.25) is 0 Å². The van der Waals surface area contributed by atoms with Gasteiger partial charge in [0.25, 0.3) is 0 Å². The summed E-state index contributed by atoms with van der Waals surface area (Å²) in [4.78, 5) is 20.6. The topological polar surface area (TPSA) is 72.8 Å². The number of para-hydroxylation sites is 1. The molecule has 0 radical (unpaired) electrons. The van der Waals surface area contributed by atoms with Crippen molar-refractivity contribution in [3.8, 4) is 5.75 Å². The summed E-state index contributed by atoms with van der Waals surface area (Å²) < 4.78 is 9.47. The summed E-state index contributed by atoms with van der Waals surface area (Å²) in [5.41, 5.74) is 0.757. The lowest BCUT2D eigenvalue weighted by Crippen LogP contribution is -2.00. The van der Waals surface area contributed by atoms with E-state index in [0.29, 0.717) is 5.75 Å². The maximum atomic E-state index is 10.4. The fraction of sp³-hybridized carbons (Fsp3) is 0.333. The number of ether oxygens (including phenoxy) is 2. The molecule has 0 amide bonds. The maximum absolute atomic E-state index is 10.4. The smallest absolute Gasteiger partial charge is 0.328 e. The molecule has 0 spiro atoms. The molecule has 0 saturated heterocycles. The zero-order chi connectivity index (χ0) is 15.0. The molecule has 5 nitrogen and oxygen atoms in total. The summed E-state index contributed by atoms with van der Waals surface area (Å²) in [6, 6.07) is 7.22. The third-order valence-corrected chi connectivity index (χ3v) is 2.66. The highest BCUT2D eigenvalue weighted by Crippen LogP contribution is 2.29. The van der Waals surface area contributed by atoms with Gasteiger partial charge in [0.1, 0.15) is 5.75 Å². The first-order valence-corrected chi connectivity index (χ1v) is 6.20. The molecule has 20 heavy (non-hydrogen) atoms. The fourth-order valence-corrected chi connectivity index (χ4v) is 1.45. The van der Waals surface area contributed by atoms with Gasteiger partial charge in [0.05, 0.1) is 20.1 Å². The van der Waals surface area contributed by atoms with Crippen molar-refractivity contribution in [3.05, 3.63) is 35.9 Å². The second-order valence-corrected chi connectivity index (χ2v) is 4.21. The van der Waals surface area contributed by atoms with Gasteiger partial charge in [-0.2, -0.15) is 0 Å². The Labute approximate surface area is 117 Å². The van der Waals surface area contributed by atoms with Crippen LogP contribution in [0.25, 0.3) is 6.08 Å². The molecule has 1 N–H and O–H groups in total. The molecule has 0 aromatic heterocycles. The van der Waals surface area contributed by atoms with E-state index in [1.807, 2.05) is 12.1 Å². The first kappa shape index (κ1) is 15.8. The number of carboxylic acid groups (broad SMARTS) is 1. The molecule has 5 heteroatoms. The first-order valence-electron chi connectivity index (χ1n) is 6.20. The molecular weight excluding hydrogens is 260 g/mol. The summed E-state index contributed by atoms with van der Waals surface area (Å²) in [6.45, 7) is 0. The van der Waals surface area contributed by atoms with Gasteiger partial charge in [0, 0.05) is 11.6 Å². The second-order valence-electron chi connectivity index (χ2n) is 4.21. The number of rotatable bonds is 4. The van der Waals surface area contributed by atoms with Crippen LogP contribution >= 0.6 is 0 Å². The highest BCUT2D eigenvalue weighted by Gasteiger charge is 2.30. The lowest BCUT2D eigenvalue weighted by atomic mass is 10.2. The van der Waals surface area contributed by atoms with Crippen molar-refractivity contribution in [2.24, 2.45) is 5.92 Å². The Balaban J connectivity index is 0.000000240. The van der Waals surface area contributed by atoms with E-state index < -0.39 is 5.97 Å². The van der Waals surface area contributed by atoms with E-state index in [-0.39, 0.29) is 11.9 Å². The van der Waals surface area contributed by atoms with Gasteiger partial charge in [-0.05, 0) is 25.0 Å². The third kappa shape index (κ3) is 5.56. The van der Waals surface area contributed by atoms with E-state index in [9.17, 15) is 9.59 Å². The van der Waals surface area contributed by atoms with Crippen LogP contribution in [-0.2, 0) is 14.3 Å². The largest absolute Gasteiger partial charge is 0.496 e. The zero-order valence-electron chi connectivity index (χ0n) is 11.5. The van der Waals surface area contributed by atoms with Crippen LogP contribution in [0.1, 0.15) is 18.4 Å². The van der Waals surface area contributed by atoms with E-state index in [2.05, 4.69) is 4.74 Å². The van der Waals surface area contributed by atoms with Gasteiger partial charge in [-0.1, -0.05) is 18.2 Å². The number of carboxylic acids is 1. The van der Waals surface area contributed by atoms with Crippen molar-refractivity contribution in [3.63, 3.8) is 0 Å². The number of carbonyl (C=O) groups excluding carboxylic acids is 1. The van der Waals surface area contributed by atoms with Crippen molar-refractivity contribution in [1.82, 2.24) is 0 Å². The van der Waals surface area contributed by atoms with Gasteiger partial charge in [0.15, 0.2) is 0 Å². The van der Waals surface area contributed by atoms with E-state index in [1.165, 1.54) is 13.2 Å². The van der Waals surface area contributed by atoms with E-state index >= 15 is 0 Å². The van der Waals surface area contributed by atoms with E-state index in [0.717, 1.165) is 24.5 Å². The van der Waals surface area contributed by atoms with Crippen molar-refractivity contribution in [1.29, 1.82) is 0 Å². The third-order valence-electron chi connectivity index (χ3n) is 2.66. The highest BCUT2D eigenvalue weighted by atomic mass is 16.5. The van der Waals surface area contributed by atoms with Crippen molar-refractivity contribution in [2.75, 3.05) is 14.2 Å². The molecule has 1 fully saturated rings. The molecule has 0 heterocycles.